The molecule has 6 rings (SSSR count). The van der Waals surface area contributed by atoms with Gasteiger partial charge in [0.15, 0.2) is 0 Å². The van der Waals surface area contributed by atoms with E-state index in [2.05, 4.69) is 10.3 Å². The van der Waals surface area contributed by atoms with Gasteiger partial charge < -0.3 is 25.8 Å². The van der Waals surface area contributed by atoms with Crippen molar-refractivity contribution < 1.29 is 14.6 Å². The number of nitrogens with two attached hydrogens (primary N) is 1. The number of likely N-dealkylation sites (tertiary alicyclic amines) is 1. The summed E-state index contributed by atoms with van der Waals surface area (Å²) in [6.07, 6.45) is 6.77. The third kappa shape index (κ3) is 3.28. The molecular formula is C20H27ClN4O3. The molecule has 1 amide bonds. The van der Waals surface area contributed by atoms with Crippen LogP contribution in [0.5, 0.6) is 0 Å². The SMILES string of the molecule is Nc1cc(Cl)cnc1NC1CCN(C(=O)OC2C3CC4CC2CC(O)(C4)C3)C1. The lowest BCUT2D eigenvalue weighted by Crippen LogP contribution is -2.58. The number of halogens is 1. The summed E-state index contributed by atoms with van der Waals surface area (Å²) in [5.74, 6) is 1.83. The van der Waals surface area contributed by atoms with Gasteiger partial charge in [0.25, 0.3) is 0 Å². The Morgan fingerprint density at radius 1 is 1.36 bits per heavy atom. The summed E-state index contributed by atoms with van der Waals surface area (Å²) in [6.45, 7) is 1.22. The maximum absolute atomic E-state index is 12.8. The predicted octanol–water partition coefficient (Wildman–Crippen LogP) is 2.88. The van der Waals surface area contributed by atoms with Gasteiger partial charge in [0.2, 0.25) is 0 Å². The van der Waals surface area contributed by atoms with Crippen LogP contribution in [0.25, 0.3) is 0 Å². The van der Waals surface area contributed by atoms with Crippen LogP contribution in [0.2, 0.25) is 5.02 Å². The molecule has 2 heterocycles. The summed E-state index contributed by atoms with van der Waals surface area (Å²) in [4.78, 5) is 18.8. The fourth-order valence-corrected chi connectivity index (χ4v) is 6.30. The van der Waals surface area contributed by atoms with Crippen LogP contribution in [0.4, 0.5) is 16.3 Å². The van der Waals surface area contributed by atoms with Crippen molar-refractivity contribution in [3.8, 4) is 0 Å². The molecule has 1 aliphatic heterocycles. The highest BCUT2D eigenvalue weighted by Gasteiger charge is 2.56. The van der Waals surface area contributed by atoms with E-state index in [0.717, 1.165) is 38.5 Å². The molecule has 4 saturated carbocycles. The van der Waals surface area contributed by atoms with Gasteiger partial charge in [-0.05, 0) is 62.3 Å². The molecule has 0 radical (unpaired) electrons. The number of anilines is 2. The van der Waals surface area contributed by atoms with Crippen LogP contribution in [0.3, 0.4) is 0 Å². The van der Waals surface area contributed by atoms with Gasteiger partial charge in [-0.3, -0.25) is 0 Å². The van der Waals surface area contributed by atoms with E-state index < -0.39 is 5.60 Å². The van der Waals surface area contributed by atoms with E-state index >= 15 is 0 Å². The molecule has 7 nitrogen and oxygen atoms in total. The number of nitrogens with one attached hydrogen (secondary N) is 1. The maximum atomic E-state index is 12.8. The number of hydrogen-bond acceptors (Lipinski definition) is 6. The van der Waals surface area contributed by atoms with Gasteiger partial charge in [-0.15, -0.1) is 0 Å². The number of carbonyl (C=O) groups excluding carboxylic acids is 1. The van der Waals surface area contributed by atoms with Crippen LogP contribution in [0, 0.1) is 17.8 Å². The molecule has 4 bridgehead atoms. The summed E-state index contributed by atoms with van der Waals surface area (Å²) < 4.78 is 5.98. The van der Waals surface area contributed by atoms with E-state index in [4.69, 9.17) is 22.1 Å². The minimum Gasteiger partial charge on any atom is -0.446 e. The van der Waals surface area contributed by atoms with Gasteiger partial charge >= 0.3 is 6.09 Å². The molecule has 1 aromatic heterocycles. The number of amides is 1. The van der Waals surface area contributed by atoms with E-state index in [-0.39, 0.29) is 18.2 Å². The van der Waals surface area contributed by atoms with E-state index in [1.807, 2.05) is 0 Å². The number of rotatable bonds is 3. The van der Waals surface area contributed by atoms with Crippen LogP contribution in [-0.2, 0) is 4.74 Å². The first-order valence-corrected chi connectivity index (χ1v) is 10.6. The van der Waals surface area contributed by atoms with Crippen molar-refractivity contribution >= 4 is 29.2 Å². The Hall–Kier alpha value is -1.73. The number of nitrogens with zero attached hydrogens (tertiary/aromatic N) is 2. The minimum atomic E-state index is -0.506. The smallest absolute Gasteiger partial charge is 0.410 e. The third-order valence-corrected chi connectivity index (χ3v) is 7.27. The van der Waals surface area contributed by atoms with E-state index in [9.17, 15) is 9.90 Å². The van der Waals surface area contributed by atoms with Gasteiger partial charge in [-0.2, -0.15) is 0 Å². The topological polar surface area (TPSA) is 101 Å². The highest BCUT2D eigenvalue weighted by atomic mass is 35.5. The molecule has 1 saturated heterocycles. The van der Waals surface area contributed by atoms with Crippen LogP contribution in [-0.4, -0.2) is 51.9 Å². The van der Waals surface area contributed by atoms with Crippen LogP contribution >= 0.6 is 11.6 Å². The lowest BCUT2D eigenvalue weighted by molar-refractivity contribution is -0.177. The molecule has 8 heteroatoms. The highest BCUT2D eigenvalue weighted by molar-refractivity contribution is 6.30. The Labute approximate surface area is 169 Å². The molecular weight excluding hydrogens is 380 g/mol. The van der Waals surface area contributed by atoms with E-state index in [0.29, 0.717) is 47.4 Å². The molecule has 0 spiro atoms. The predicted molar refractivity (Wildman–Crippen MR) is 106 cm³/mol. The van der Waals surface area contributed by atoms with Crippen molar-refractivity contribution in [3.05, 3.63) is 17.3 Å². The second-order valence-electron chi connectivity index (χ2n) is 9.21. The first kappa shape index (κ1) is 18.3. The van der Waals surface area contributed by atoms with Crippen LogP contribution < -0.4 is 11.1 Å². The molecule has 4 N–H and O–H groups in total. The Morgan fingerprint density at radius 2 is 2.11 bits per heavy atom. The second kappa shape index (κ2) is 6.66. The number of nitrogen functional groups attached to an aromatic ring is 1. The van der Waals surface area contributed by atoms with Crippen molar-refractivity contribution in [1.29, 1.82) is 0 Å². The van der Waals surface area contributed by atoms with Crippen molar-refractivity contribution in [2.75, 3.05) is 24.1 Å². The van der Waals surface area contributed by atoms with E-state index in [1.54, 1.807) is 17.2 Å². The largest absolute Gasteiger partial charge is 0.446 e. The average Bonchev–Trinajstić information content (AvgIpc) is 3.08. The molecule has 4 aliphatic carbocycles. The minimum absolute atomic E-state index is 0.0371. The number of aromatic nitrogens is 1. The van der Waals surface area contributed by atoms with Crippen molar-refractivity contribution in [2.45, 2.75) is 56.3 Å². The molecule has 0 aromatic carbocycles. The van der Waals surface area contributed by atoms with Gasteiger partial charge in [-0.25, -0.2) is 9.78 Å². The number of ether oxygens (including phenoxy) is 1. The number of hydrogen-bond donors (Lipinski definition) is 3. The number of carbonyl (C=O) groups is 1. The summed E-state index contributed by atoms with van der Waals surface area (Å²) in [5, 5.41) is 14.5. The Kier molecular flexibility index (Phi) is 4.36. The fraction of sp³-hybridized carbons (Fsp3) is 0.700. The lowest BCUT2D eigenvalue weighted by Gasteiger charge is -2.57. The van der Waals surface area contributed by atoms with Crippen molar-refractivity contribution in [2.24, 2.45) is 17.8 Å². The third-order valence-electron chi connectivity index (χ3n) is 7.06. The molecule has 3 unspecified atom stereocenters. The summed E-state index contributed by atoms with van der Waals surface area (Å²) in [7, 11) is 0. The zero-order valence-electron chi connectivity index (χ0n) is 15.8. The number of pyridine rings is 1. The lowest BCUT2D eigenvalue weighted by atomic mass is 9.53. The molecule has 3 atom stereocenters. The van der Waals surface area contributed by atoms with Gasteiger partial charge in [0, 0.05) is 25.3 Å². The monoisotopic (exact) mass is 406 g/mol. The molecule has 1 aromatic rings. The second-order valence-corrected chi connectivity index (χ2v) is 9.65. The fourth-order valence-electron chi connectivity index (χ4n) is 6.13. The average molecular weight is 407 g/mol. The first-order valence-electron chi connectivity index (χ1n) is 10.2. The Morgan fingerprint density at radius 3 is 2.79 bits per heavy atom. The van der Waals surface area contributed by atoms with Gasteiger partial charge in [0.05, 0.1) is 16.3 Å². The summed E-state index contributed by atoms with van der Waals surface area (Å²) >= 11 is 5.90. The van der Waals surface area contributed by atoms with Crippen molar-refractivity contribution in [3.63, 3.8) is 0 Å². The Balaban J connectivity index is 1.18. The van der Waals surface area contributed by atoms with Crippen LogP contribution in [0.1, 0.15) is 38.5 Å². The zero-order chi connectivity index (χ0) is 19.5. The van der Waals surface area contributed by atoms with Crippen LogP contribution in [0.15, 0.2) is 12.3 Å². The van der Waals surface area contributed by atoms with Gasteiger partial charge in [0.1, 0.15) is 11.9 Å². The normalized spacial score (nSPS) is 38.6. The maximum Gasteiger partial charge on any atom is 0.410 e. The Bertz CT molecular complexity index is 775. The standard InChI is InChI=1S/C20H27ClN4O3/c21-14-5-16(22)18(23-9-14)24-15-1-2-25(10-15)19(26)28-17-12-3-11-4-13(17)8-20(27,6-11)7-12/h5,9,11-13,15,17,27H,1-4,6-8,10,22H2,(H,23,24). The first-order chi connectivity index (χ1) is 13.4. The summed E-state index contributed by atoms with van der Waals surface area (Å²) in [6, 6.07) is 1.75. The molecule has 5 aliphatic rings. The zero-order valence-corrected chi connectivity index (χ0v) is 16.6. The molecule has 152 valence electrons. The summed E-state index contributed by atoms with van der Waals surface area (Å²) in [5.41, 5.74) is 5.95. The number of aliphatic hydroxyl groups is 1. The molecule has 28 heavy (non-hydrogen) atoms. The van der Waals surface area contributed by atoms with E-state index in [1.165, 1.54) is 0 Å². The quantitative estimate of drug-likeness (QED) is 0.713. The highest BCUT2D eigenvalue weighted by Crippen LogP contribution is 2.56. The van der Waals surface area contributed by atoms with Crippen molar-refractivity contribution in [1.82, 2.24) is 9.88 Å². The molecule has 5 fully saturated rings. The van der Waals surface area contributed by atoms with Gasteiger partial charge in [-0.1, -0.05) is 11.6 Å².